The molecule has 0 amide bonds. The van der Waals surface area contributed by atoms with E-state index < -0.39 is 5.60 Å². The number of fused-ring (bicyclic) bond motifs is 1. The Morgan fingerprint density at radius 2 is 2.00 bits per heavy atom. The van der Waals surface area contributed by atoms with Gasteiger partial charge in [-0.2, -0.15) is 0 Å². The average molecular weight is 285 g/mol. The molecule has 21 heavy (non-hydrogen) atoms. The second-order valence-electron chi connectivity index (χ2n) is 5.88. The minimum atomic E-state index is -1.04. The van der Waals surface area contributed by atoms with E-state index in [4.69, 9.17) is 0 Å². The molecule has 2 aromatic rings. The number of benzene rings is 1. The van der Waals surface area contributed by atoms with Crippen LogP contribution >= 0.6 is 0 Å². The van der Waals surface area contributed by atoms with Crippen molar-refractivity contribution in [2.75, 3.05) is 0 Å². The molecular weight excluding hydrogens is 265 g/mol. The number of pyridine rings is 1. The zero-order valence-electron chi connectivity index (χ0n) is 12.3. The molecule has 0 saturated heterocycles. The number of rotatable bonds is 4. The van der Waals surface area contributed by atoms with Crippen molar-refractivity contribution in [3.63, 3.8) is 0 Å². The topological polar surface area (TPSA) is 33.1 Å². The molecule has 0 radical (unpaired) electrons. The number of aromatic nitrogens is 1. The Balaban J connectivity index is 1.88. The molecule has 0 saturated carbocycles. The van der Waals surface area contributed by atoms with E-state index in [1.807, 2.05) is 6.92 Å². The van der Waals surface area contributed by atoms with Crippen LogP contribution in [0.25, 0.3) is 0 Å². The Kier molecular flexibility index (Phi) is 3.77. The van der Waals surface area contributed by atoms with Crippen LogP contribution in [0.2, 0.25) is 0 Å². The highest BCUT2D eigenvalue weighted by Gasteiger charge is 2.29. The van der Waals surface area contributed by atoms with Gasteiger partial charge in [-0.05, 0) is 54.5 Å². The maximum Gasteiger partial charge on any atom is 0.141 e. The number of hydrogen-bond donors (Lipinski definition) is 1. The summed E-state index contributed by atoms with van der Waals surface area (Å²) in [6.45, 7) is 1.93. The Morgan fingerprint density at radius 1 is 1.19 bits per heavy atom. The third-order valence-electron chi connectivity index (χ3n) is 4.45. The van der Waals surface area contributed by atoms with Gasteiger partial charge in [-0.25, -0.2) is 4.39 Å². The Morgan fingerprint density at radius 3 is 2.71 bits per heavy atom. The monoisotopic (exact) mass is 285 g/mol. The second kappa shape index (κ2) is 5.57. The fourth-order valence-electron chi connectivity index (χ4n) is 3.12. The van der Waals surface area contributed by atoms with E-state index in [1.165, 1.54) is 29.8 Å². The molecule has 1 aliphatic rings. The molecule has 2 nitrogen and oxygen atoms in total. The lowest BCUT2D eigenvalue weighted by molar-refractivity contribution is 0.0282. The van der Waals surface area contributed by atoms with Crippen LogP contribution in [0.4, 0.5) is 4.39 Å². The van der Waals surface area contributed by atoms with Crippen LogP contribution in [-0.2, 0) is 24.9 Å². The van der Waals surface area contributed by atoms with Crippen LogP contribution in [0.5, 0.6) is 0 Å². The molecule has 0 bridgehead atoms. The van der Waals surface area contributed by atoms with E-state index in [0.717, 1.165) is 18.4 Å². The molecule has 1 N–H and O–H groups in total. The van der Waals surface area contributed by atoms with Crippen molar-refractivity contribution in [1.29, 1.82) is 0 Å². The van der Waals surface area contributed by atoms with Crippen molar-refractivity contribution in [2.45, 2.75) is 44.6 Å². The number of aryl methyl sites for hydroxylation is 2. The van der Waals surface area contributed by atoms with E-state index in [-0.39, 0.29) is 5.82 Å². The molecule has 1 atom stereocenters. The van der Waals surface area contributed by atoms with Gasteiger partial charge in [0.15, 0.2) is 0 Å². The second-order valence-corrected chi connectivity index (χ2v) is 5.88. The van der Waals surface area contributed by atoms with Crippen molar-refractivity contribution in [3.8, 4) is 0 Å². The smallest absolute Gasteiger partial charge is 0.141 e. The first kappa shape index (κ1) is 14.2. The maximum absolute atomic E-state index is 13.0. The number of halogens is 1. The van der Waals surface area contributed by atoms with Gasteiger partial charge < -0.3 is 5.11 Å². The highest BCUT2D eigenvalue weighted by atomic mass is 19.1. The highest BCUT2D eigenvalue weighted by molar-refractivity contribution is 5.36. The lowest BCUT2D eigenvalue weighted by Crippen LogP contribution is -2.29. The van der Waals surface area contributed by atoms with Crippen LogP contribution in [0.1, 0.15) is 42.1 Å². The molecule has 0 aliphatic heterocycles. The average Bonchev–Trinajstić information content (AvgIpc) is 2.95. The lowest BCUT2D eigenvalue weighted by Gasteiger charge is -2.26. The summed E-state index contributed by atoms with van der Waals surface area (Å²) in [5, 5.41) is 10.9. The van der Waals surface area contributed by atoms with Gasteiger partial charge in [0.1, 0.15) is 11.4 Å². The van der Waals surface area contributed by atoms with E-state index in [0.29, 0.717) is 18.5 Å². The number of nitrogens with zero attached hydrogens (tertiary/aromatic N) is 1. The summed E-state index contributed by atoms with van der Waals surface area (Å²) in [5.74, 6) is -0.380. The van der Waals surface area contributed by atoms with Crippen LogP contribution in [0, 0.1) is 5.82 Å². The summed E-state index contributed by atoms with van der Waals surface area (Å²) in [5.41, 5.74) is 3.44. The standard InChI is InChI=1S/C18H20FNO/c1-2-18(21,17-9-8-16(19)12-20-17)11-13-6-7-14-4-3-5-15(14)10-13/h6-10,12,21H,2-5,11H2,1H3. The van der Waals surface area contributed by atoms with Gasteiger partial charge in [0.25, 0.3) is 0 Å². The maximum atomic E-state index is 13.0. The lowest BCUT2D eigenvalue weighted by atomic mass is 9.87. The first-order valence-corrected chi connectivity index (χ1v) is 7.56. The van der Waals surface area contributed by atoms with E-state index >= 15 is 0 Å². The van der Waals surface area contributed by atoms with Crippen molar-refractivity contribution in [2.24, 2.45) is 0 Å². The summed E-state index contributed by atoms with van der Waals surface area (Å²) in [7, 11) is 0. The fourth-order valence-corrected chi connectivity index (χ4v) is 3.12. The fraction of sp³-hybridized carbons (Fsp3) is 0.389. The van der Waals surface area contributed by atoms with Gasteiger partial charge in [0.2, 0.25) is 0 Å². The first-order chi connectivity index (χ1) is 10.1. The van der Waals surface area contributed by atoms with Crippen LogP contribution < -0.4 is 0 Å². The van der Waals surface area contributed by atoms with Gasteiger partial charge in [0.05, 0.1) is 11.9 Å². The van der Waals surface area contributed by atoms with E-state index in [2.05, 4.69) is 23.2 Å². The first-order valence-electron chi connectivity index (χ1n) is 7.56. The van der Waals surface area contributed by atoms with Gasteiger partial charge in [-0.15, -0.1) is 0 Å². The zero-order chi connectivity index (χ0) is 14.9. The predicted molar refractivity (Wildman–Crippen MR) is 80.6 cm³/mol. The largest absolute Gasteiger partial charge is 0.383 e. The van der Waals surface area contributed by atoms with Gasteiger partial charge in [0, 0.05) is 6.42 Å². The molecule has 0 spiro atoms. The quantitative estimate of drug-likeness (QED) is 0.932. The van der Waals surface area contributed by atoms with Crippen LogP contribution in [0.15, 0.2) is 36.5 Å². The zero-order valence-corrected chi connectivity index (χ0v) is 12.3. The molecule has 3 rings (SSSR count). The minimum absolute atomic E-state index is 0.380. The third-order valence-corrected chi connectivity index (χ3v) is 4.45. The third kappa shape index (κ3) is 2.84. The molecule has 0 fully saturated rings. The van der Waals surface area contributed by atoms with Crippen molar-refractivity contribution in [3.05, 3.63) is 64.7 Å². The highest BCUT2D eigenvalue weighted by Crippen LogP contribution is 2.30. The number of aliphatic hydroxyl groups is 1. The predicted octanol–water partition coefficient (Wildman–Crippen LogP) is 3.55. The summed E-state index contributed by atoms with van der Waals surface area (Å²) in [6, 6.07) is 9.39. The Labute approximate surface area is 124 Å². The molecular formula is C18H20FNO. The molecule has 3 heteroatoms. The van der Waals surface area contributed by atoms with Crippen molar-refractivity contribution in [1.82, 2.24) is 4.98 Å². The summed E-state index contributed by atoms with van der Waals surface area (Å²) >= 11 is 0. The summed E-state index contributed by atoms with van der Waals surface area (Å²) < 4.78 is 13.0. The van der Waals surface area contributed by atoms with E-state index in [9.17, 15) is 9.50 Å². The van der Waals surface area contributed by atoms with Gasteiger partial charge in [-0.1, -0.05) is 25.1 Å². The normalized spacial score (nSPS) is 16.5. The molecule has 1 unspecified atom stereocenters. The minimum Gasteiger partial charge on any atom is -0.383 e. The molecule has 1 aliphatic carbocycles. The SMILES string of the molecule is CCC(O)(Cc1ccc2c(c1)CCC2)c1ccc(F)cn1. The molecule has 1 heterocycles. The van der Waals surface area contributed by atoms with Gasteiger partial charge in [-0.3, -0.25) is 4.98 Å². The van der Waals surface area contributed by atoms with Crippen molar-refractivity contribution < 1.29 is 9.50 Å². The Bertz CT molecular complexity index is 638. The van der Waals surface area contributed by atoms with Gasteiger partial charge >= 0.3 is 0 Å². The number of hydrogen-bond acceptors (Lipinski definition) is 2. The molecule has 1 aromatic heterocycles. The van der Waals surface area contributed by atoms with E-state index in [1.54, 1.807) is 6.07 Å². The van der Waals surface area contributed by atoms with Crippen molar-refractivity contribution >= 4 is 0 Å². The Hall–Kier alpha value is -1.74. The summed E-state index contributed by atoms with van der Waals surface area (Å²) in [6.07, 6.45) is 5.73. The molecule has 110 valence electrons. The molecule has 1 aromatic carbocycles. The van der Waals surface area contributed by atoms with Crippen LogP contribution in [0.3, 0.4) is 0 Å². The summed E-state index contributed by atoms with van der Waals surface area (Å²) in [4.78, 5) is 4.06. The van der Waals surface area contributed by atoms with Crippen LogP contribution in [-0.4, -0.2) is 10.1 Å².